The first kappa shape index (κ1) is 23.1. The number of ether oxygens (including phenoxy) is 1. The molecule has 0 bridgehead atoms. The third kappa shape index (κ3) is 7.01. The van der Waals surface area contributed by atoms with Crippen molar-refractivity contribution in [1.82, 2.24) is 10.8 Å². The van der Waals surface area contributed by atoms with Gasteiger partial charge in [0.2, 0.25) is 0 Å². The fourth-order valence-electron chi connectivity index (χ4n) is 2.53. The zero-order valence-electron chi connectivity index (χ0n) is 17.3. The number of carbonyl (C=O) groups is 2. The number of hydrogen-bond acceptors (Lipinski definition) is 5. The molecule has 158 valence electrons. The standard InChI is InChI=1S/C23H27N3O4/c1-15(2)30-14-19-8-6-17(7-9-19)4-5-18-10-12-20(13-11-18)22(27)25-21(16(3)24)23(28)26-29/h6-13,15-16,21,29H,14,24H2,1-3H3,(H,25,27)(H,26,28). The Hall–Kier alpha value is -3.18. The van der Waals surface area contributed by atoms with Crippen LogP contribution in [0, 0.1) is 11.8 Å². The molecule has 7 heteroatoms. The molecule has 0 saturated carbocycles. The summed E-state index contributed by atoms with van der Waals surface area (Å²) < 4.78 is 5.57. The number of hydrogen-bond donors (Lipinski definition) is 4. The Balaban J connectivity index is 2.01. The van der Waals surface area contributed by atoms with E-state index in [1.54, 1.807) is 31.2 Å². The highest BCUT2D eigenvalue weighted by Crippen LogP contribution is 2.08. The number of carbonyl (C=O) groups excluding carboxylic acids is 2. The molecule has 5 N–H and O–H groups in total. The lowest BCUT2D eigenvalue weighted by molar-refractivity contribution is -0.131. The molecule has 0 fully saturated rings. The zero-order valence-corrected chi connectivity index (χ0v) is 17.3. The molecule has 2 unspecified atom stereocenters. The van der Waals surface area contributed by atoms with Gasteiger partial charge >= 0.3 is 0 Å². The summed E-state index contributed by atoms with van der Waals surface area (Å²) in [6, 6.07) is 12.8. The van der Waals surface area contributed by atoms with Gasteiger partial charge in [-0.2, -0.15) is 0 Å². The van der Waals surface area contributed by atoms with Crippen molar-refractivity contribution in [3.63, 3.8) is 0 Å². The molecule has 2 amide bonds. The molecule has 0 saturated heterocycles. The molecule has 0 aromatic heterocycles. The average Bonchev–Trinajstić information content (AvgIpc) is 2.74. The predicted octanol–water partition coefficient (Wildman–Crippen LogP) is 1.96. The third-order valence-corrected chi connectivity index (χ3v) is 4.24. The molecule has 0 aliphatic rings. The Bertz CT molecular complexity index is 910. The Kier molecular flexibility index (Phi) is 8.56. The number of nitrogens with two attached hydrogens (primary N) is 1. The normalized spacial score (nSPS) is 12.5. The Morgan fingerprint density at radius 2 is 1.53 bits per heavy atom. The van der Waals surface area contributed by atoms with Crippen LogP contribution in [0.5, 0.6) is 0 Å². The molecule has 0 radical (unpaired) electrons. The molecular weight excluding hydrogens is 382 g/mol. The third-order valence-electron chi connectivity index (χ3n) is 4.24. The van der Waals surface area contributed by atoms with Gasteiger partial charge in [-0.05, 0) is 62.7 Å². The van der Waals surface area contributed by atoms with Crippen molar-refractivity contribution in [3.05, 3.63) is 70.8 Å². The fraction of sp³-hybridized carbons (Fsp3) is 0.304. The molecule has 2 aromatic carbocycles. The van der Waals surface area contributed by atoms with E-state index >= 15 is 0 Å². The molecule has 2 rings (SSSR count). The van der Waals surface area contributed by atoms with Crippen molar-refractivity contribution < 1.29 is 19.5 Å². The topological polar surface area (TPSA) is 114 Å². The lowest BCUT2D eigenvalue weighted by atomic mass is 10.1. The summed E-state index contributed by atoms with van der Waals surface area (Å²) in [6.45, 7) is 6.12. The minimum Gasteiger partial charge on any atom is -0.374 e. The molecule has 7 nitrogen and oxygen atoms in total. The van der Waals surface area contributed by atoms with E-state index in [0.29, 0.717) is 12.2 Å². The van der Waals surface area contributed by atoms with E-state index in [0.717, 1.165) is 16.7 Å². The summed E-state index contributed by atoms with van der Waals surface area (Å²) in [5, 5.41) is 11.3. The van der Waals surface area contributed by atoms with Crippen LogP contribution in [0.15, 0.2) is 48.5 Å². The predicted molar refractivity (Wildman–Crippen MR) is 114 cm³/mol. The highest BCUT2D eigenvalue weighted by atomic mass is 16.5. The van der Waals surface area contributed by atoms with Gasteiger partial charge < -0.3 is 15.8 Å². The summed E-state index contributed by atoms with van der Waals surface area (Å²) in [7, 11) is 0. The van der Waals surface area contributed by atoms with Crippen molar-refractivity contribution in [3.8, 4) is 11.8 Å². The average molecular weight is 409 g/mol. The maximum Gasteiger partial charge on any atom is 0.267 e. The van der Waals surface area contributed by atoms with E-state index < -0.39 is 23.9 Å². The summed E-state index contributed by atoms with van der Waals surface area (Å²) in [5.74, 6) is 4.89. The van der Waals surface area contributed by atoms with E-state index in [-0.39, 0.29) is 6.10 Å². The molecule has 2 aromatic rings. The molecule has 2 atom stereocenters. The van der Waals surface area contributed by atoms with E-state index in [4.69, 9.17) is 15.7 Å². The van der Waals surface area contributed by atoms with E-state index in [1.165, 1.54) is 5.48 Å². The first-order valence-corrected chi connectivity index (χ1v) is 9.63. The van der Waals surface area contributed by atoms with Crippen LogP contribution >= 0.6 is 0 Å². The summed E-state index contributed by atoms with van der Waals surface area (Å²) in [6.07, 6.45) is 0.186. The van der Waals surface area contributed by atoms with Crippen LogP contribution < -0.4 is 16.5 Å². The van der Waals surface area contributed by atoms with Gasteiger partial charge in [-0.25, -0.2) is 5.48 Å². The first-order chi connectivity index (χ1) is 14.3. The van der Waals surface area contributed by atoms with Crippen LogP contribution in [0.4, 0.5) is 0 Å². The molecular formula is C23H27N3O4. The lowest BCUT2D eigenvalue weighted by Crippen LogP contribution is -2.54. The van der Waals surface area contributed by atoms with Gasteiger partial charge in [-0.15, -0.1) is 0 Å². The van der Waals surface area contributed by atoms with Gasteiger partial charge in [-0.3, -0.25) is 14.8 Å². The smallest absolute Gasteiger partial charge is 0.267 e. The first-order valence-electron chi connectivity index (χ1n) is 9.63. The minimum atomic E-state index is -1.05. The van der Waals surface area contributed by atoms with Crippen molar-refractivity contribution in [2.45, 2.75) is 45.6 Å². The SMILES string of the molecule is CC(C)OCc1ccc(C#Cc2ccc(C(=O)NC(C(=O)NO)C(C)N)cc2)cc1. The Morgan fingerprint density at radius 1 is 1.00 bits per heavy atom. The van der Waals surface area contributed by atoms with Crippen LogP contribution in [0.3, 0.4) is 0 Å². The molecule has 0 aliphatic heterocycles. The molecule has 0 aliphatic carbocycles. The van der Waals surface area contributed by atoms with Crippen LogP contribution in [0.2, 0.25) is 0 Å². The van der Waals surface area contributed by atoms with Gasteiger partial charge in [0.25, 0.3) is 11.8 Å². The van der Waals surface area contributed by atoms with E-state index in [9.17, 15) is 9.59 Å². The van der Waals surface area contributed by atoms with Crippen molar-refractivity contribution >= 4 is 11.8 Å². The highest BCUT2D eigenvalue weighted by Gasteiger charge is 2.24. The number of amides is 2. The number of hydroxylamine groups is 1. The van der Waals surface area contributed by atoms with Gasteiger partial charge in [0.15, 0.2) is 0 Å². The second-order valence-corrected chi connectivity index (χ2v) is 7.17. The number of benzene rings is 2. The van der Waals surface area contributed by atoms with Gasteiger partial charge in [0, 0.05) is 22.7 Å². The molecule has 0 heterocycles. The van der Waals surface area contributed by atoms with Crippen LogP contribution in [0.1, 0.15) is 47.8 Å². The summed E-state index contributed by atoms with van der Waals surface area (Å²) >= 11 is 0. The van der Waals surface area contributed by atoms with E-state index in [1.807, 2.05) is 38.1 Å². The van der Waals surface area contributed by atoms with Crippen LogP contribution in [-0.4, -0.2) is 35.2 Å². The summed E-state index contributed by atoms with van der Waals surface area (Å²) in [4.78, 5) is 23.9. The van der Waals surface area contributed by atoms with Crippen LogP contribution in [0.25, 0.3) is 0 Å². The quantitative estimate of drug-likeness (QED) is 0.317. The highest BCUT2D eigenvalue weighted by molar-refractivity contribution is 5.97. The van der Waals surface area contributed by atoms with Crippen molar-refractivity contribution in [2.24, 2.45) is 5.73 Å². The monoisotopic (exact) mass is 409 g/mol. The summed E-state index contributed by atoms with van der Waals surface area (Å²) in [5.41, 5.74) is 10.2. The molecule has 30 heavy (non-hydrogen) atoms. The minimum absolute atomic E-state index is 0.186. The maximum absolute atomic E-state index is 12.3. The van der Waals surface area contributed by atoms with E-state index in [2.05, 4.69) is 17.2 Å². The second-order valence-electron chi connectivity index (χ2n) is 7.17. The Morgan fingerprint density at radius 3 is 2.00 bits per heavy atom. The second kappa shape index (κ2) is 11.1. The zero-order chi connectivity index (χ0) is 22.1. The van der Waals surface area contributed by atoms with Crippen LogP contribution in [-0.2, 0) is 16.1 Å². The maximum atomic E-state index is 12.3. The Labute approximate surface area is 176 Å². The lowest BCUT2D eigenvalue weighted by Gasteiger charge is -2.20. The fourth-order valence-corrected chi connectivity index (χ4v) is 2.53. The van der Waals surface area contributed by atoms with Gasteiger partial charge in [0.1, 0.15) is 6.04 Å². The number of nitrogens with one attached hydrogen (secondary N) is 2. The largest absolute Gasteiger partial charge is 0.374 e. The number of rotatable bonds is 7. The van der Waals surface area contributed by atoms with Crippen molar-refractivity contribution in [1.29, 1.82) is 0 Å². The van der Waals surface area contributed by atoms with Gasteiger partial charge in [0.05, 0.1) is 12.7 Å². The van der Waals surface area contributed by atoms with Gasteiger partial charge in [-0.1, -0.05) is 24.0 Å². The molecule has 0 spiro atoms. The van der Waals surface area contributed by atoms with Crippen molar-refractivity contribution in [2.75, 3.05) is 0 Å².